The molecule has 3 aromatic carbocycles. The van der Waals surface area contributed by atoms with Crippen molar-refractivity contribution in [3.63, 3.8) is 0 Å². The molecule has 7 nitrogen and oxygen atoms in total. The van der Waals surface area contributed by atoms with E-state index in [1.54, 1.807) is 24.0 Å². The third-order valence-corrected chi connectivity index (χ3v) is 7.64. The molecule has 1 saturated heterocycles. The van der Waals surface area contributed by atoms with Gasteiger partial charge in [-0.2, -0.15) is 5.10 Å². The number of aliphatic hydroxyl groups is 1. The predicted molar refractivity (Wildman–Crippen MR) is 159 cm³/mol. The number of carbonyl (C=O) groups is 2. The zero-order chi connectivity index (χ0) is 28.2. The zero-order valence-corrected chi connectivity index (χ0v) is 23.5. The summed E-state index contributed by atoms with van der Waals surface area (Å²) in [5.41, 5.74) is 6.46. The summed E-state index contributed by atoms with van der Waals surface area (Å²) in [5.74, 6) is 0.0715. The van der Waals surface area contributed by atoms with Crippen molar-refractivity contribution >= 4 is 40.2 Å². The molecule has 0 bridgehead atoms. The minimum Gasteiger partial charge on any atom is -0.393 e. The molecular weight excluding hydrogens is 524 g/mol. The Balaban J connectivity index is 1.16. The lowest BCUT2D eigenvalue weighted by Gasteiger charge is -2.31. The van der Waals surface area contributed by atoms with Crippen LogP contribution in [0.3, 0.4) is 0 Å². The molecule has 0 unspecified atom stereocenters. The number of hydrogen-bond acceptors (Lipinski definition) is 6. The van der Waals surface area contributed by atoms with E-state index in [0.717, 1.165) is 59.8 Å². The highest BCUT2D eigenvalue weighted by molar-refractivity contribution is 6.33. The number of rotatable bonds is 9. The molecule has 0 amide bonds. The van der Waals surface area contributed by atoms with Crippen LogP contribution in [0.25, 0.3) is 0 Å². The van der Waals surface area contributed by atoms with Gasteiger partial charge < -0.3 is 15.3 Å². The summed E-state index contributed by atoms with van der Waals surface area (Å²) in [6.07, 6.45) is 3.65. The van der Waals surface area contributed by atoms with E-state index in [9.17, 15) is 14.7 Å². The summed E-state index contributed by atoms with van der Waals surface area (Å²) in [4.78, 5) is 27.8. The van der Waals surface area contributed by atoms with E-state index in [2.05, 4.69) is 15.3 Å². The first-order valence-electron chi connectivity index (χ1n) is 13.5. The fourth-order valence-electron chi connectivity index (χ4n) is 5.06. The number of aryl methyl sites for hydroxylation is 2. The molecule has 5 rings (SSSR count). The fourth-order valence-corrected chi connectivity index (χ4v) is 5.31. The molecule has 206 valence electrons. The number of Topliss-reactive ketones (excluding diaryl/α,β-unsaturated/α-hetero) is 2. The van der Waals surface area contributed by atoms with Gasteiger partial charge >= 0.3 is 0 Å². The Labute approximate surface area is 239 Å². The van der Waals surface area contributed by atoms with E-state index in [4.69, 9.17) is 11.6 Å². The van der Waals surface area contributed by atoms with Crippen LogP contribution in [0, 0.1) is 6.92 Å². The van der Waals surface area contributed by atoms with Crippen molar-refractivity contribution in [2.45, 2.75) is 38.7 Å². The van der Waals surface area contributed by atoms with Crippen molar-refractivity contribution < 1.29 is 14.7 Å². The molecule has 0 spiro atoms. The molecule has 4 aromatic rings. The minimum atomic E-state index is -0.208. The first-order chi connectivity index (χ1) is 19.2. The van der Waals surface area contributed by atoms with Gasteiger partial charge in [-0.05, 0) is 79.4 Å². The SMILES string of the molecule is Cc1nn(C)cc1C(=O)Cc1ccc(Nc2ccc(CC(=O)c3ccc(N4CCC(O)CC4)cc3)cc2)c(Cl)c1. The third kappa shape index (κ3) is 6.61. The van der Waals surface area contributed by atoms with Gasteiger partial charge in [0.15, 0.2) is 11.6 Å². The minimum absolute atomic E-state index is 0.00573. The Morgan fingerprint density at radius 3 is 2.23 bits per heavy atom. The van der Waals surface area contributed by atoms with Gasteiger partial charge in [0.1, 0.15) is 0 Å². The highest BCUT2D eigenvalue weighted by atomic mass is 35.5. The number of anilines is 3. The van der Waals surface area contributed by atoms with E-state index in [0.29, 0.717) is 22.6 Å². The molecule has 0 radical (unpaired) electrons. The number of aromatic nitrogens is 2. The number of hydrogen-bond donors (Lipinski definition) is 2. The van der Waals surface area contributed by atoms with E-state index in [1.165, 1.54) is 0 Å². The van der Waals surface area contributed by atoms with Gasteiger partial charge in [-0.1, -0.05) is 29.8 Å². The maximum atomic E-state index is 12.9. The van der Waals surface area contributed by atoms with Crippen molar-refractivity contribution in [3.05, 3.63) is 106 Å². The molecule has 0 aliphatic carbocycles. The van der Waals surface area contributed by atoms with Crippen molar-refractivity contribution in [2.24, 2.45) is 7.05 Å². The molecule has 8 heteroatoms. The van der Waals surface area contributed by atoms with Crippen LogP contribution in [0.4, 0.5) is 17.1 Å². The summed E-state index contributed by atoms with van der Waals surface area (Å²) in [5, 5.41) is 17.8. The molecule has 1 aliphatic rings. The zero-order valence-electron chi connectivity index (χ0n) is 22.7. The van der Waals surface area contributed by atoms with Crippen LogP contribution in [0.15, 0.2) is 72.9 Å². The average Bonchev–Trinajstić information content (AvgIpc) is 3.29. The van der Waals surface area contributed by atoms with Gasteiger partial charge in [0, 0.05) is 56.1 Å². The standard InChI is InChI=1S/C32H33ClN4O3/c1-21-28(20-36(2)35-21)32(40)19-23-5-12-30(29(33)17-23)34-25-8-3-22(4-9-25)18-31(39)24-6-10-26(11-7-24)37-15-13-27(38)14-16-37/h3-12,17,20,27,34,38H,13-16,18-19H2,1-2H3. The van der Waals surface area contributed by atoms with E-state index in [1.807, 2.05) is 67.6 Å². The van der Waals surface area contributed by atoms with Crippen LogP contribution in [-0.4, -0.2) is 45.6 Å². The van der Waals surface area contributed by atoms with Crippen LogP contribution in [0.1, 0.15) is 50.4 Å². The summed E-state index contributed by atoms with van der Waals surface area (Å²) in [6.45, 7) is 3.49. The van der Waals surface area contributed by atoms with Crippen LogP contribution >= 0.6 is 11.6 Å². The average molecular weight is 557 g/mol. The van der Waals surface area contributed by atoms with Crippen LogP contribution in [-0.2, 0) is 19.9 Å². The first-order valence-corrected chi connectivity index (χ1v) is 13.9. The van der Waals surface area contributed by atoms with E-state index in [-0.39, 0.29) is 24.1 Å². The highest BCUT2D eigenvalue weighted by Gasteiger charge is 2.18. The predicted octanol–water partition coefficient (Wildman–Crippen LogP) is 5.94. The summed E-state index contributed by atoms with van der Waals surface area (Å²) in [7, 11) is 1.80. The smallest absolute Gasteiger partial charge is 0.170 e. The molecule has 40 heavy (non-hydrogen) atoms. The normalized spacial score (nSPS) is 13.8. The lowest BCUT2D eigenvalue weighted by molar-refractivity contribution is 0.0984. The van der Waals surface area contributed by atoms with Gasteiger partial charge in [-0.3, -0.25) is 14.3 Å². The van der Waals surface area contributed by atoms with Crippen molar-refractivity contribution in [2.75, 3.05) is 23.3 Å². The van der Waals surface area contributed by atoms with Gasteiger partial charge in [-0.15, -0.1) is 0 Å². The van der Waals surface area contributed by atoms with Crippen LogP contribution < -0.4 is 10.2 Å². The number of halogens is 1. The Kier molecular flexibility index (Phi) is 8.33. The lowest BCUT2D eigenvalue weighted by Crippen LogP contribution is -2.35. The molecule has 2 heterocycles. The summed E-state index contributed by atoms with van der Waals surface area (Å²) < 4.78 is 1.64. The van der Waals surface area contributed by atoms with Crippen LogP contribution in [0.5, 0.6) is 0 Å². The molecule has 0 saturated carbocycles. The number of piperidine rings is 1. The second-order valence-electron chi connectivity index (χ2n) is 10.4. The number of benzene rings is 3. The van der Waals surface area contributed by atoms with Gasteiger partial charge in [0.05, 0.1) is 28.1 Å². The molecule has 2 N–H and O–H groups in total. The van der Waals surface area contributed by atoms with Gasteiger partial charge in [-0.25, -0.2) is 0 Å². The Morgan fingerprint density at radius 2 is 1.60 bits per heavy atom. The van der Waals surface area contributed by atoms with Crippen molar-refractivity contribution in [1.82, 2.24) is 9.78 Å². The monoisotopic (exact) mass is 556 g/mol. The number of carbonyl (C=O) groups excluding carboxylic acids is 2. The molecule has 1 fully saturated rings. The second-order valence-corrected chi connectivity index (χ2v) is 10.8. The molecule has 1 aromatic heterocycles. The first kappa shape index (κ1) is 27.6. The Bertz CT molecular complexity index is 1500. The summed E-state index contributed by atoms with van der Waals surface area (Å²) >= 11 is 6.53. The molecule has 1 aliphatic heterocycles. The topological polar surface area (TPSA) is 87.5 Å². The van der Waals surface area contributed by atoms with Crippen molar-refractivity contribution in [1.29, 1.82) is 0 Å². The van der Waals surface area contributed by atoms with E-state index < -0.39 is 0 Å². The van der Waals surface area contributed by atoms with Gasteiger partial charge in [0.2, 0.25) is 0 Å². The molecule has 0 atom stereocenters. The largest absolute Gasteiger partial charge is 0.393 e. The highest BCUT2D eigenvalue weighted by Crippen LogP contribution is 2.28. The fraction of sp³-hybridized carbons (Fsp3) is 0.281. The Hall–Kier alpha value is -3.94. The summed E-state index contributed by atoms with van der Waals surface area (Å²) in [6, 6.07) is 21.0. The third-order valence-electron chi connectivity index (χ3n) is 7.33. The number of nitrogens with zero attached hydrogens (tertiary/aromatic N) is 3. The number of ketones is 2. The van der Waals surface area contributed by atoms with Gasteiger partial charge in [0.25, 0.3) is 0 Å². The number of aliphatic hydroxyl groups excluding tert-OH is 1. The Morgan fingerprint density at radius 1 is 0.950 bits per heavy atom. The lowest BCUT2D eigenvalue weighted by atomic mass is 10.0. The second kappa shape index (κ2) is 12.1. The maximum Gasteiger partial charge on any atom is 0.170 e. The maximum absolute atomic E-state index is 12.9. The molecular formula is C32H33ClN4O3. The van der Waals surface area contributed by atoms with Crippen LogP contribution in [0.2, 0.25) is 5.02 Å². The van der Waals surface area contributed by atoms with E-state index >= 15 is 0 Å². The quantitative estimate of drug-likeness (QED) is 0.248. The van der Waals surface area contributed by atoms with Crippen molar-refractivity contribution in [3.8, 4) is 0 Å². The number of nitrogens with one attached hydrogen (secondary N) is 1.